The maximum absolute atomic E-state index is 13.0. The van der Waals surface area contributed by atoms with E-state index >= 15 is 0 Å². The van der Waals surface area contributed by atoms with Crippen LogP contribution in [-0.2, 0) is 16.4 Å². The van der Waals surface area contributed by atoms with Crippen molar-refractivity contribution in [3.63, 3.8) is 0 Å². The number of hydrogen-bond acceptors (Lipinski definition) is 5. The fourth-order valence-electron chi connectivity index (χ4n) is 4.17. The average Bonchev–Trinajstić information content (AvgIpc) is 3.53. The van der Waals surface area contributed by atoms with Crippen LogP contribution in [0.2, 0.25) is 0 Å². The lowest BCUT2D eigenvalue weighted by atomic mass is 10.2. The van der Waals surface area contributed by atoms with E-state index in [0.717, 1.165) is 49.2 Å². The number of aromatic nitrogens is 2. The lowest BCUT2D eigenvalue weighted by Gasteiger charge is -2.26. The van der Waals surface area contributed by atoms with Crippen LogP contribution in [0.15, 0.2) is 35.4 Å². The first-order valence-electron chi connectivity index (χ1n) is 10.3. The van der Waals surface area contributed by atoms with Gasteiger partial charge in [-0.15, -0.1) is 0 Å². The van der Waals surface area contributed by atoms with Gasteiger partial charge in [0.25, 0.3) is 5.91 Å². The van der Waals surface area contributed by atoms with Crippen LogP contribution >= 0.6 is 0 Å². The first-order valence-corrected chi connectivity index (χ1v) is 11.8. The van der Waals surface area contributed by atoms with E-state index in [1.54, 1.807) is 39.7 Å². The number of amides is 1. The molecule has 0 N–H and O–H groups in total. The lowest BCUT2D eigenvalue weighted by molar-refractivity contribution is 0.0984. The highest BCUT2D eigenvalue weighted by molar-refractivity contribution is 7.89. The number of nitrogens with zero attached hydrogens (tertiary/aromatic N) is 4. The number of piperidine rings is 1. The van der Waals surface area contributed by atoms with Crippen molar-refractivity contribution in [2.45, 2.75) is 49.3 Å². The van der Waals surface area contributed by atoms with E-state index in [0.29, 0.717) is 42.6 Å². The summed E-state index contributed by atoms with van der Waals surface area (Å²) in [5.74, 6) is 0.981. The minimum Gasteiger partial charge on any atom is -0.306 e. The van der Waals surface area contributed by atoms with Crippen molar-refractivity contribution in [2.24, 2.45) is 0 Å². The van der Waals surface area contributed by atoms with Gasteiger partial charge >= 0.3 is 0 Å². The summed E-state index contributed by atoms with van der Waals surface area (Å²) in [7, 11) is -3.47. The Morgan fingerprint density at radius 2 is 1.83 bits per heavy atom. The molecular formula is C21H24N4O3S. The summed E-state index contributed by atoms with van der Waals surface area (Å²) in [6.07, 6.45) is 7.36. The zero-order chi connectivity index (χ0) is 20.0. The van der Waals surface area contributed by atoms with Gasteiger partial charge in [0.15, 0.2) is 0 Å². The number of hydrogen-bond donors (Lipinski definition) is 0. The third kappa shape index (κ3) is 3.44. The second-order valence-electron chi connectivity index (χ2n) is 8.04. The normalized spacial score (nSPS) is 19.9. The molecule has 7 nitrogen and oxygen atoms in total. The van der Waals surface area contributed by atoms with Crippen molar-refractivity contribution < 1.29 is 13.2 Å². The first-order chi connectivity index (χ1) is 14.0. The molecule has 5 rings (SSSR count). The number of carbonyl (C=O) groups is 1. The zero-order valence-electron chi connectivity index (χ0n) is 16.2. The Hall–Kier alpha value is -2.32. The summed E-state index contributed by atoms with van der Waals surface area (Å²) in [5.41, 5.74) is 2.08. The Morgan fingerprint density at radius 3 is 2.59 bits per heavy atom. The molecule has 2 fully saturated rings. The molecule has 0 spiro atoms. The molecule has 1 aromatic carbocycles. The van der Waals surface area contributed by atoms with Gasteiger partial charge < -0.3 is 4.90 Å². The molecule has 2 aliphatic heterocycles. The van der Waals surface area contributed by atoms with Crippen LogP contribution in [0.5, 0.6) is 0 Å². The van der Waals surface area contributed by atoms with Gasteiger partial charge in [-0.1, -0.05) is 6.42 Å². The summed E-state index contributed by atoms with van der Waals surface area (Å²) in [4.78, 5) is 23.8. The highest BCUT2D eigenvalue weighted by Gasteiger charge is 2.32. The summed E-state index contributed by atoms with van der Waals surface area (Å²) < 4.78 is 27.5. The molecule has 0 unspecified atom stereocenters. The van der Waals surface area contributed by atoms with Gasteiger partial charge in [-0.2, -0.15) is 4.31 Å². The van der Waals surface area contributed by atoms with Gasteiger partial charge in [-0.25, -0.2) is 18.4 Å². The molecule has 0 atom stereocenters. The van der Waals surface area contributed by atoms with Crippen LogP contribution in [0.3, 0.4) is 0 Å². The second-order valence-corrected chi connectivity index (χ2v) is 9.97. The third-order valence-corrected chi connectivity index (χ3v) is 7.87. The summed E-state index contributed by atoms with van der Waals surface area (Å²) in [6, 6.07) is 6.79. The van der Waals surface area contributed by atoms with E-state index in [-0.39, 0.29) is 5.91 Å². The predicted molar refractivity (Wildman–Crippen MR) is 108 cm³/mol. The van der Waals surface area contributed by atoms with E-state index in [1.165, 1.54) is 0 Å². The largest absolute Gasteiger partial charge is 0.306 e. The fourth-order valence-corrected chi connectivity index (χ4v) is 5.74. The van der Waals surface area contributed by atoms with Gasteiger partial charge in [0, 0.05) is 37.4 Å². The predicted octanol–water partition coefficient (Wildman–Crippen LogP) is 2.73. The fraction of sp³-hybridized carbons (Fsp3) is 0.476. The molecule has 29 heavy (non-hydrogen) atoms. The molecular weight excluding hydrogens is 388 g/mol. The minimum absolute atomic E-state index is 0.153. The molecule has 1 aliphatic carbocycles. The van der Waals surface area contributed by atoms with Crippen LogP contribution in [0.4, 0.5) is 5.69 Å². The minimum atomic E-state index is -3.47. The van der Waals surface area contributed by atoms with Crippen LogP contribution < -0.4 is 4.90 Å². The molecule has 8 heteroatoms. The van der Waals surface area contributed by atoms with Crippen molar-refractivity contribution in [3.8, 4) is 0 Å². The molecule has 1 saturated heterocycles. The summed E-state index contributed by atoms with van der Waals surface area (Å²) in [5, 5.41) is 0. The highest BCUT2D eigenvalue weighted by atomic mass is 32.2. The van der Waals surface area contributed by atoms with E-state index < -0.39 is 10.0 Å². The van der Waals surface area contributed by atoms with Crippen molar-refractivity contribution >= 4 is 21.6 Å². The van der Waals surface area contributed by atoms with Gasteiger partial charge in [-0.3, -0.25) is 4.79 Å². The third-order valence-electron chi connectivity index (χ3n) is 5.98. The standard InChI is InChI=1S/C21H24N4O3S/c26-21(18-8-10-22-20(23-18)15-4-5-15)25-13-9-16-14-17(6-7-19(16)25)29(27,28)24-11-2-1-3-12-24/h6-8,10,14-15H,1-5,9,11-13H2. The smallest absolute Gasteiger partial charge is 0.277 e. The topological polar surface area (TPSA) is 83.5 Å². The molecule has 2 aromatic rings. The molecule has 0 radical (unpaired) electrons. The highest BCUT2D eigenvalue weighted by Crippen LogP contribution is 2.38. The number of rotatable bonds is 4. The van der Waals surface area contributed by atoms with E-state index in [4.69, 9.17) is 0 Å². The molecule has 152 valence electrons. The number of sulfonamides is 1. The first kappa shape index (κ1) is 18.7. The maximum atomic E-state index is 13.0. The summed E-state index contributed by atoms with van der Waals surface area (Å²) in [6.45, 7) is 1.70. The van der Waals surface area contributed by atoms with Crippen LogP contribution in [-0.4, -0.2) is 48.2 Å². The number of fused-ring (bicyclic) bond motifs is 1. The zero-order valence-corrected chi connectivity index (χ0v) is 17.1. The van der Waals surface area contributed by atoms with E-state index in [9.17, 15) is 13.2 Å². The Kier molecular flexibility index (Phi) is 4.63. The van der Waals surface area contributed by atoms with Crippen molar-refractivity contribution in [1.29, 1.82) is 0 Å². The number of carbonyl (C=O) groups excluding carboxylic acids is 1. The quantitative estimate of drug-likeness (QED) is 0.771. The monoisotopic (exact) mass is 412 g/mol. The molecule has 0 bridgehead atoms. The molecule has 3 aliphatic rings. The molecule has 1 saturated carbocycles. The Labute approximate surface area is 170 Å². The lowest BCUT2D eigenvalue weighted by Crippen LogP contribution is -2.35. The van der Waals surface area contributed by atoms with Crippen molar-refractivity contribution in [1.82, 2.24) is 14.3 Å². The molecule has 1 aromatic heterocycles. The van der Waals surface area contributed by atoms with Crippen molar-refractivity contribution in [3.05, 3.63) is 47.5 Å². The van der Waals surface area contributed by atoms with Gasteiger partial charge in [0.05, 0.1) is 4.90 Å². The number of anilines is 1. The second kappa shape index (κ2) is 7.18. The maximum Gasteiger partial charge on any atom is 0.277 e. The van der Waals surface area contributed by atoms with Crippen LogP contribution in [0.25, 0.3) is 0 Å². The van der Waals surface area contributed by atoms with Gasteiger partial charge in [0.2, 0.25) is 10.0 Å². The number of benzene rings is 1. The summed E-state index contributed by atoms with van der Waals surface area (Å²) >= 11 is 0. The van der Waals surface area contributed by atoms with E-state index in [2.05, 4.69) is 9.97 Å². The van der Waals surface area contributed by atoms with Crippen LogP contribution in [0.1, 0.15) is 59.9 Å². The Balaban J connectivity index is 1.40. The van der Waals surface area contributed by atoms with Gasteiger partial charge in [-0.05, 0) is 61.9 Å². The van der Waals surface area contributed by atoms with Gasteiger partial charge in [0.1, 0.15) is 11.5 Å². The Morgan fingerprint density at radius 1 is 1.03 bits per heavy atom. The van der Waals surface area contributed by atoms with E-state index in [1.807, 2.05) is 0 Å². The molecule has 3 heterocycles. The van der Waals surface area contributed by atoms with Crippen molar-refractivity contribution in [2.75, 3.05) is 24.5 Å². The van der Waals surface area contributed by atoms with Crippen LogP contribution in [0, 0.1) is 0 Å². The SMILES string of the molecule is O=C(c1ccnc(C2CC2)n1)N1CCc2cc(S(=O)(=O)N3CCCCC3)ccc21. The average molecular weight is 413 g/mol. The molecule has 1 amide bonds. The Bertz CT molecular complexity index is 1060.